The molecule has 0 aromatic carbocycles. The van der Waals surface area contributed by atoms with E-state index < -0.39 is 18.9 Å². The number of amides is 1. The quantitative estimate of drug-likeness (QED) is 0.424. The number of carbonyl (C=O) groups is 1. The van der Waals surface area contributed by atoms with Crippen molar-refractivity contribution in [2.45, 2.75) is 26.2 Å². The first kappa shape index (κ1) is 12.3. The Bertz CT molecular complexity index is 232. The lowest BCUT2D eigenvalue weighted by molar-refractivity contribution is -0.138. The van der Waals surface area contributed by atoms with E-state index in [-0.39, 0.29) is 11.8 Å². The van der Waals surface area contributed by atoms with E-state index in [1.165, 1.54) is 0 Å². The number of nitrogens with zero attached hydrogens (tertiary/aromatic N) is 1. The second-order valence-corrected chi connectivity index (χ2v) is 4.24. The van der Waals surface area contributed by atoms with Crippen LogP contribution in [0.5, 0.6) is 0 Å². The maximum absolute atomic E-state index is 11.9. The molecule has 1 amide bonds. The van der Waals surface area contributed by atoms with Gasteiger partial charge in [-0.2, -0.15) is 0 Å². The Morgan fingerprint density at radius 1 is 1.60 bits per heavy atom. The molecule has 0 unspecified atom stereocenters. The lowest BCUT2D eigenvalue weighted by Crippen LogP contribution is -2.44. The third-order valence-electron chi connectivity index (χ3n) is 2.50. The van der Waals surface area contributed by atoms with Gasteiger partial charge in [-0.25, -0.2) is 14.6 Å². The molecular weight excluding hydrogens is 206 g/mol. The van der Waals surface area contributed by atoms with Crippen molar-refractivity contribution < 1.29 is 18.3 Å². The molecule has 0 aromatic rings. The number of alkyl halides is 2. The van der Waals surface area contributed by atoms with Crippen LogP contribution in [0.1, 0.15) is 19.8 Å². The fourth-order valence-electron chi connectivity index (χ4n) is 1.40. The molecule has 15 heavy (non-hydrogen) atoms. The molecule has 0 aromatic heterocycles. The van der Waals surface area contributed by atoms with Crippen LogP contribution in [0.2, 0.25) is 0 Å². The van der Waals surface area contributed by atoms with E-state index in [9.17, 15) is 13.6 Å². The molecule has 1 saturated heterocycles. The Morgan fingerprint density at radius 2 is 2.20 bits per heavy atom. The minimum Gasteiger partial charge on any atom is -0.380 e. The van der Waals surface area contributed by atoms with Gasteiger partial charge in [-0.05, 0) is 6.42 Å². The van der Waals surface area contributed by atoms with E-state index in [1.807, 2.05) is 6.92 Å². The molecule has 0 radical (unpaired) electrons. The van der Waals surface area contributed by atoms with Gasteiger partial charge in [0.1, 0.15) is 0 Å². The van der Waals surface area contributed by atoms with Gasteiger partial charge in [0, 0.05) is 11.8 Å². The highest BCUT2D eigenvalue weighted by atomic mass is 19.3. The number of rotatable bonds is 5. The number of hydrogen-bond acceptors (Lipinski definition) is 3. The van der Waals surface area contributed by atoms with E-state index in [0.29, 0.717) is 24.6 Å². The molecule has 6 heteroatoms. The van der Waals surface area contributed by atoms with E-state index in [2.05, 4.69) is 0 Å². The fourth-order valence-corrected chi connectivity index (χ4v) is 1.40. The molecule has 0 saturated carbocycles. The minimum atomic E-state index is -2.58. The van der Waals surface area contributed by atoms with Crippen molar-refractivity contribution in [3.05, 3.63) is 0 Å². The molecule has 88 valence electrons. The summed E-state index contributed by atoms with van der Waals surface area (Å²) in [6.07, 6.45) is -1.76. The number of hydrazine groups is 1. The van der Waals surface area contributed by atoms with Crippen molar-refractivity contribution in [2.24, 2.45) is 11.3 Å². The zero-order valence-corrected chi connectivity index (χ0v) is 8.71. The Labute approximate surface area is 87.3 Å². The maximum atomic E-state index is 11.9. The maximum Gasteiger partial charge on any atom is 0.257 e. The van der Waals surface area contributed by atoms with Crippen LogP contribution in [-0.2, 0) is 9.53 Å². The van der Waals surface area contributed by atoms with Crippen molar-refractivity contribution in [2.75, 3.05) is 19.8 Å². The van der Waals surface area contributed by atoms with Crippen LogP contribution in [0.15, 0.2) is 0 Å². The highest BCUT2D eigenvalue weighted by Gasteiger charge is 2.33. The summed E-state index contributed by atoms with van der Waals surface area (Å²) in [5, 5.41) is 0.591. The van der Waals surface area contributed by atoms with Crippen LogP contribution in [-0.4, -0.2) is 37.1 Å². The predicted molar refractivity (Wildman–Crippen MR) is 50.1 cm³/mol. The van der Waals surface area contributed by atoms with Crippen LogP contribution < -0.4 is 5.84 Å². The third-order valence-corrected chi connectivity index (χ3v) is 2.50. The van der Waals surface area contributed by atoms with Crippen molar-refractivity contribution >= 4 is 5.91 Å². The summed E-state index contributed by atoms with van der Waals surface area (Å²) in [7, 11) is 0. The van der Waals surface area contributed by atoms with Crippen molar-refractivity contribution in [1.29, 1.82) is 0 Å². The SMILES string of the molecule is CC1(CCC(=O)N(N)CC(F)F)COC1. The Morgan fingerprint density at radius 3 is 2.60 bits per heavy atom. The van der Waals surface area contributed by atoms with Gasteiger partial charge in [-0.15, -0.1) is 0 Å². The van der Waals surface area contributed by atoms with E-state index in [0.717, 1.165) is 0 Å². The van der Waals surface area contributed by atoms with E-state index in [1.54, 1.807) is 0 Å². The molecule has 1 fully saturated rings. The first-order valence-corrected chi connectivity index (χ1v) is 4.84. The zero-order chi connectivity index (χ0) is 11.5. The van der Waals surface area contributed by atoms with Crippen LogP contribution in [0.4, 0.5) is 8.78 Å². The van der Waals surface area contributed by atoms with Crippen LogP contribution in [0.3, 0.4) is 0 Å². The summed E-state index contributed by atoms with van der Waals surface area (Å²) in [5.41, 5.74) is 0.0152. The van der Waals surface area contributed by atoms with Crippen LogP contribution in [0, 0.1) is 5.41 Å². The Kier molecular flexibility index (Phi) is 3.98. The summed E-state index contributed by atoms with van der Waals surface area (Å²) in [6, 6.07) is 0. The molecule has 0 atom stereocenters. The number of carbonyl (C=O) groups excluding carboxylic acids is 1. The van der Waals surface area contributed by atoms with Crippen molar-refractivity contribution in [3.63, 3.8) is 0 Å². The molecule has 0 bridgehead atoms. The smallest absolute Gasteiger partial charge is 0.257 e. The standard InChI is InChI=1S/C9H16F2N2O2/c1-9(5-15-6-9)3-2-8(14)13(12)4-7(10)11/h7H,2-6,12H2,1H3. The summed E-state index contributed by atoms with van der Waals surface area (Å²) < 4.78 is 28.8. The highest BCUT2D eigenvalue weighted by molar-refractivity contribution is 5.75. The minimum absolute atomic E-state index is 0.0152. The molecule has 1 heterocycles. The monoisotopic (exact) mass is 222 g/mol. The number of hydrogen-bond donors (Lipinski definition) is 1. The fraction of sp³-hybridized carbons (Fsp3) is 0.889. The topological polar surface area (TPSA) is 55.6 Å². The van der Waals surface area contributed by atoms with Gasteiger partial charge >= 0.3 is 0 Å². The van der Waals surface area contributed by atoms with Crippen molar-refractivity contribution in [3.8, 4) is 0 Å². The zero-order valence-electron chi connectivity index (χ0n) is 8.71. The lowest BCUT2D eigenvalue weighted by Gasteiger charge is -2.38. The molecule has 2 N–H and O–H groups in total. The normalized spacial score (nSPS) is 18.7. The van der Waals surface area contributed by atoms with Crippen LogP contribution >= 0.6 is 0 Å². The average Bonchev–Trinajstić information content (AvgIpc) is 2.10. The predicted octanol–water partition coefficient (Wildman–Crippen LogP) is 0.771. The van der Waals surface area contributed by atoms with Gasteiger partial charge in [-0.1, -0.05) is 6.92 Å². The molecule has 1 rings (SSSR count). The van der Waals surface area contributed by atoms with Crippen LogP contribution in [0.25, 0.3) is 0 Å². The average molecular weight is 222 g/mol. The summed E-state index contributed by atoms with van der Waals surface area (Å²) in [5.74, 6) is 4.74. The van der Waals surface area contributed by atoms with Gasteiger partial charge in [-0.3, -0.25) is 9.80 Å². The molecule has 1 aliphatic rings. The number of ether oxygens (including phenoxy) is 1. The molecule has 4 nitrogen and oxygen atoms in total. The highest BCUT2D eigenvalue weighted by Crippen LogP contribution is 2.31. The first-order valence-electron chi connectivity index (χ1n) is 4.84. The molecule has 0 aliphatic carbocycles. The number of nitrogens with two attached hydrogens (primary N) is 1. The molecule has 0 spiro atoms. The van der Waals surface area contributed by atoms with E-state index >= 15 is 0 Å². The largest absolute Gasteiger partial charge is 0.380 e. The second kappa shape index (κ2) is 4.85. The number of halogens is 2. The van der Waals surface area contributed by atoms with E-state index in [4.69, 9.17) is 10.6 Å². The Balaban J connectivity index is 2.23. The van der Waals surface area contributed by atoms with Gasteiger partial charge in [0.2, 0.25) is 5.91 Å². The summed E-state index contributed by atoms with van der Waals surface area (Å²) in [4.78, 5) is 11.3. The van der Waals surface area contributed by atoms with Gasteiger partial charge < -0.3 is 4.74 Å². The van der Waals surface area contributed by atoms with Crippen molar-refractivity contribution in [1.82, 2.24) is 5.01 Å². The first-order chi connectivity index (χ1) is 6.93. The summed E-state index contributed by atoms with van der Waals surface area (Å²) in [6.45, 7) is 2.54. The third kappa shape index (κ3) is 3.71. The second-order valence-electron chi connectivity index (χ2n) is 4.24. The summed E-state index contributed by atoms with van der Waals surface area (Å²) >= 11 is 0. The lowest BCUT2D eigenvalue weighted by atomic mass is 9.83. The Hall–Kier alpha value is -0.750. The molecule has 1 aliphatic heterocycles. The van der Waals surface area contributed by atoms with Gasteiger partial charge in [0.25, 0.3) is 6.43 Å². The van der Waals surface area contributed by atoms with Gasteiger partial charge in [0.15, 0.2) is 0 Å². The van der Waals surface area contributed by atoms with Gasteiger partial charge in [0.05, 0.1) is 19.8 Å². The molecular formula is C9H16F2N2O2.